The molecule has 0 aromatic heterocycles. The summed E-state index contributed by atoms with van der Waals surface area (Å²) in [5, 5.41) is 0. The van der Waals surface area contributed by atoms with Gasteiger partial charge in [0.2, 0.25) is 5.91 Å². The Morgan fingerprint density at radius 1 is 1.20 bits per heavy atom. The number of hydrogen-bond donors (Lipinski definition) is 1. The van der Waals surface area contributed by atoms with Crippen LogP contribution in [0.5, 0.6) is 0 Å². The summed E-state index contributed by atoms with van der Waals surface area (Å²) in [7, 11) is 0. The molecule has 0 unspecified atom stereocenters. The fourth-order valence-corrected chi connectivity index (χ4v) is 2.01. The highest BCUT2D eigenvalue weighted by Gasteiger charge is 2.14. The van der Waals surface area contributed by atoms with Gasteiger partial charge in [0.05, 0.1) is 13.0 Å². The minimum Gasteiger partial charge on any atom is -0.398 e. The second-order valence-electron chi connectivity index (χ2n) is 4.88. The van der Waals surface area contributed by atoms with Gasteiger partial charge < -0.3 is 15.4 Å². The third kappa shape index (κ3) is 5.61. The summed E-state index contributed by atoms with van der Waals surface area (Å²) >= 11 is 0. The molecule has 112 valence electrons. The van der Waals surface area contributed by atoms with E-state index in [-0.39, 0.29) is 5.91 Å². The Hall–Kier alpha value is -1.55. The quantitative estimate of drug-likeness (QED) is 0.558. The number of anilines is 1. The molecule has 1 amide bonds. The highest BCUT2D eigenvalue weighted by molar-refractivity contribution is 5.76. The van der Waals surface area contributed by atoms with Gasteiger partial charge in [-0.1, -0.05) is 32.0 Å². The van der Waals surface area contributed by atoms with Crippen molar-refractivity contribution in [3.63, 3.8) is 0 Å². The molecule has 0 aliphatic heterocycles. The number of nitrogen functional groups attached to an aromatic ring is 1. The van der Waals surface area contributed by atoms with Gasteiger partial charge in [0.15, 0.2) is 0 Å². The van der Waals surface area contributed by atoms with Gasteiger partial charge in [0, 0.05) is 25.4 Å². The average Bonchev–Trinajstić information content (AvgIpc) is 2.45. The maximum atomic E-state index is 12.2. The van der Waals surface area contributed by atoms with Crippen molar-refractivity contribution in [2.24, 2.45) is 0 Å². The van der Waals surface area contributed by atoms with Crippen molar-refractivity contribution in [1.82, 2.24) is 4.90 Å². The number of rotatable bonds is 9. The largest absolute Gasteiger partial charge is 0.398 e. The fraction of sp³-hybridized carbons (Fsp3) is 0.562. The van der Waals surface area contributed by atoms with Crippen LogP contribution in [0.25, 0.3) is 0 Å². The lowest BCUT2D eigenvalue weighted by Crippen LogP contribution is -2.32. The number of amides is 1. The predicted molar refractivity (Wildman–Crippen MR) is 82.3 cm³/mol. The smallest absolute Gasteiger partial charge is 0.225 e. The van der Waals surface area contributed by atoms with E-state index in [0.29, 0.717) is 26.2 Å². The first-order valence-corrected chi connectivity index (χ1v) is 7.37. The molecule has 1 rings (SSSR count). The molecule has 1 aromatic carbocycles. The lowest BCUT2D eigenvalue weighted by Gasteiger charge is -2.23. The highest BCUT2D eigenvalue weighted by Crippen LogP contribution is 2.14. The number of ether oxygens (including phenoxy) is 1. The maximum absolute atomic E-state index is 12.2. The van der Waals surface area contributed by atoms with Crippen molar-refractivity contribution in [3.05, 3.63) is 29.8 Å². The zero-order valence-corrected chi connectivity index (χ0v) is 12.6. The summed E-state index contributed by atoms with van der Waals surface area (Å²) in [5.74, 6) is 0.131. The SMILES string of the molecule is CCCOCCC(=O)N(CCC)Cc1ccccc1N. The molecule has 0 saturated heterocycles. The summed E-state index contributed by atoms with van der Waals surface area (Å²) in [6.07, 6.45) is 2.36. The number of carbonyl (C=O) groups excluding carboxylic acids is 1. The summed E-state index contributed by atoms with van der Waals surface area (Å²) in [6, 6.07) is 7.70. The van der Waals surface area contributed by atoms with E-state index >= 15 is 0 Å². The van der Waals surface area contributed by atoms with Gasteiger partial charge in [-0.2, -0.15) is 0 Å². The van der Waals surface area contributed by atoms with Gasteiger partial charge in [-0.3, -0.25) is 4.79 Å². The topological polar surface area (TPSA) is 55.6 Å². The van der Waals surface area contributed by atoms with E-state index in [2.05, 4.69) is 13.8 Å². The lowest BCUT2D eigenvalue weighted by molar-refractivity contribution is -0.133. The van der Waals surface area contributed by atoms with E-state index in [1.54, 1.807) is 0 Å². The molecule has 20 heavy (non-hydrogen) atoms. The molecular weight excluding hydrogens is 252 g/mol. The van der Waals surface area contributed by atoms with Crippen molar-refractivity contribution >= 4 is 11.6 Å². The maximum Gasteiger partial charge on any atom is 0.225 e. The first-order chi connectivity index (χ1) is 9.69. The molecule has 0 bridgehead atoms. The molecule has 0 spiro atoms. The Labute approximate surface area is 121 Å². The highest BCUT2D eigenvalue weighted by atomic mass is 16.5. The Morgan fingerprint density at radius 2 is 1.95 bits per heavy atom. The molecule has 0 aliphatic rings. The molecule has 0 fully saturated rings. The van der Waals surface area contributed by atoms with E-state index < -0.39 is 0 Å². The summed E-state index contributed by atoms with van der Waals surface area (Å²) in [4.78, 5) is 14.1. The molecule has 4 nitrogen and oxygen atoms in total. The lowest BCUT2D eigenvalue weighted by atomic mass is 10.1. The summed E-state index contributed by atoms with van der Waals surface area (Å²) in [5.41, 5.74) is 7.69. The Balaban J connectivity index is 2.55. The van der Waals surface area contributed by atoms with Crippen molar-refractivity contribution in [2.75, 3.05) is 25.5 Å². The molecule has 1 aromatic rings. The van der Waals surface area contributed by atoms with Crippen LogP contribution in [-0.4, -0.2) is 30.6 Å². The van der Waals surface area contributed by atoms with Crippen molar-refractivity contribution in [2.45, 2.75) is 39.7 Å². The zero-order chi connectivity index (χ0) is 14.8. The van der Waals surface area contributed by atoms with E-state index in [9.17, 15) is 4.79 Å². The van der Waals surface area contributed by atoms with Gasteiger partial charge in [-0.15, -0.1) is 0 Å². The summed E-state index contributed by atoms with van der Waals surface area (Å²) < 4.78 is 5.38. The van der Waals surface area contributed by atoms with Gasteiger partial charge in [-0.05, 0) is 24.5 Å². The molecule has 0 atom stereocenters. The van der Waals surface area contributed by atoms with Crippen LogP contribution in [0.2, 0.25) is 0 Å². The van der Waals surface area contributed by atoms with Crippen LogP contribution in [0, 0.1) is 0 Å². The molecule has 0 aliphatic carbocycles. The zero-order valence-electron chi connectivity index (χ0n) is 12.6. The molecule has 4 heteroatoms. The molecule has 2 N–H and O–H groups in total. The number of para-hydroxylation sites is 1. The Bertz CT molecular complexity index is 407. The van der Waals surface area contributed by atoms with Crippen LogP contribution in [0.3, 0.4) is 0 Å². The third-order valence-corrected chi connectivity index (χ3v) is 3.07. The van der Waals surface area contributed by atoms with E-state index in [1.165, 1.54) is 0 Å². The second-order valence-corrected chi connectivity index (χ2v) is 4.88. The first-order valence-electron chi connectivity index (χ1n) is 7.37. The number of hydrogen-bond acceptors (Lipinski definition) is 3. The molecule has 0 radical (unpaired) electrons. The Morgan fingerprint density at radius 3 is 2.60 bits per heavy atom. The summed E-state index contributed by atoms with van der Waals surface area (Å²) in [6.45, 7) is 6.67. The van der Waals surface area contributed by atoms with Crippen molar-refractivity contribution < 1.29 is 9.53 Å². The number of benzene rings is 1. The van der Waals surface area contributed by atoms with Crippen molar-refractivity contribution in [3.8, 4) is 0 Å². The van der Waals surface area contributed by atoms with Gasteiger partial charge in [-0.25, -0.2) is 0 Å². The first kappa shape index (κ1) is 16.5. The van der Waals surface area contributed by atoms with Gasteiger partial charge in [0.25, 0.3) is 0 Å². The second kappa shape index (κ2) is 9.37. The molecule has 0 saturated carbocycles. The Kier molecular flexibility index (Phi) is 7.73. The van der Waals surface area contributed by atoms with Crippen LogP contribution in [0.1, 0.15) is 38.7 Å². The number of nitrogens with two attached hydrogens (primary N) is 1. The van der Waals surface area contributed by atoms with Gasteiger partial charge in [0.1, 0.15) is 0 Å². The van der Waals surface area contributed by atoms with Crippen LogP contribution in [0.4, 0.5) is 5.69 Å². The standard InChI is InChI=1S/C16H26N2O2/c1-3-10-18(16(19)9-12-20-11-4-2)13-14-7-5-6-8-15(14)17/h5-8H,3-4,9-13,17H2,1-2H3. The van der Waals surface area contributed by atoms with E-state index in [0.717, 1.165) is 30.6 Å². The van der Waals surface area contributed by atoms with Crippen molar-refractivity contribution in [1.29, 1.82) is 0 Å². The van der Waals surface area contributed by atoms with E-state index in [1.807, 2.05) is 29.2 Å². The van der Waals surface area contributed by atoms with Gasteiger partial charge >= 0.3 is 0 Å². The monoisotopic (exact) mass is 278 g/mol. The van der Waals surface area contributed by atoms with E-state index in [4.69, 9.17) is 10.5 Å². The number of nitrogens with zero attached hydrogens (tertiary/aromatic N) is 1. The average molecular weight is 278 g/mol. The van der Waals surface area contributed by atoms with Crippen LogP contribution < -0.4 is 5.73 Å². The molecular formula is C16H26N2O2. The number of carbonyl (C=O) groups is 1. The van der Waals surface area contributed by atoms with Crippen LogP contribution in [-0.2, 0) is 16.1 Å². The normalized spacial score (nSPS) is 10.5. The van der Waals surface area contributed by atoms with Crippen LogP contribution in [0.15, 0.2) is 24.3 Å². The minimum absolute atomic E-state index is 0.131. The third-order valence-electron chi connectivity index (χ3n) is 3.07. The fourth-order valence-electron chi connectivity index (χ4n) is 2.01. The van der Waals surface area contributed by atoms with Crippen LogP contribution >= 0.6 is 0 Å². The predicted octanol–water partition coefficient (Wildman–Crippen LogP) is 2.82. The molecule has 0 heterocycles. The minimum atomic E-state index is 0.131.